The molecule has 0 amide bonds. The van der Waals surface area contributed by atoms with Gasteiger partial charge in [0.25, 0.3) is 0 Å². The van der Waals surface area contributed by atoms with E-state index in [4.69, 9.17) is 5.73 Å². The van der Waals surface area contributed by atoms with Gasteiger partial charge >= 0.3 is 0 Å². The van der Waals surface area contributed by atoms with Gasteiger partial charge in [-0.05, 0) is 35.4 Å². The topological polar surface area (TPSA) is 55.9 Å². The molecule has 0 unspecified atom stereocenters. The summed E-state index contributed by atoms with van der Waals surface area (Å²) in [6, 6.07) is 25.1. The molecule has 0 bridgehead atoms. The van der Waals surface area contributed by atoms with Crippen LogP contribution < -0.4 is 11.1 Å². The summed E-state index contributed by atoms with van der Waals surface area (Å²) in [6.07, 6.45) is 1.79. The quantitative estimate of drug-likeness (QED) is 0.463. The van der Waals surface area contributed by atoms with Crippen molar-refractivity contribution in [2.75, 3.05) is 13.1 Å². The van der Waals surface area contributed by atoms with E-state index in [1.165, 1.54) is 6.07 Å². The Balaban J connectivity index is 1.74. The summed E-state index contributed by atoms with van der Waals surface area (Å²) in [5, 5.41) is 7.84. The highest BCUT2D eigenvalue weighted by Crippen LogP contribution is 2.30. The monoisotopic (exact) mass is 386 g/mol. The zero-order valence-electron chi connectivity index (χ0n) is 16.1. The molecule has 0 fully saturated rings. The fraction of sp³-hybridized carbons (Fsp3) is 0.125. The van der Waals surface area contributed by atoms with E-state index in [0.29, 0.717) is 25.2 Å². The minimum Gasteiger partial charge on any atom is -0.329 e. The molecule has 5 heteroatoms. The molecule has 0 saturated heterocycles. The number of hydrogen-bond acceptors (Lipinski definition) is 3. The summed E-state index contributed by atoms with van der Waals surface area (Å²) in [6.45, 7) is 1.81. The summed E-state index contributed by atoms with van der Waals surface area (Å²) in [5.74, 6) is -0.268. The van der Waals surface area contributed by atoms with E-state index in [1.54, 1.807) is 23.0 Å². The van der Waals surface area contributed by atoms with E-state index < -0.39 is 0 Å². The van der Waals surface area contributed by atoms with Crippen molar-refractivity contribution in [3.8, 4) is 28.1 Å². The Labute approximate surface area is 169 Å². The Morgan fingerprint density at radius 2 is 1.55 bits per heavy atom. The summed E-state index contributed by atoms with van der Waals surface area (Å²) >= 11 is 0. The molecule has 4 nitrogen and oxygen atoms in total. The smallest absolute Gasteiger partial charge is 0.132 e. The number of nitrogens with one attached hydrogen (secondary N) is 1. The number of nitrogens with zero attached hydrogens (tertiary/aromatic N) is 2. The average Bonchev–Trinajstić information content (AvgIpc) is 3.19. The summed E-state index contributed by atoms with van der Waals surface area (Å²) in [5.41, 5.74) is 10.9. The molecule has 0 saturated carbocycles. The van der Waals surface area contributed by atoms with Crippen molar-refractivity contribution in [3.63, 3.8) is 0 Å². The minimum absolute atomic E-state index is 0.268. The van der Waals surface area contributed by atoms with Crippen LogP contribution in [0, 0.1) is 5.82 Å². The molecule has 4 aromatic rings. The lowest BCUT2D eigenvalue weighted by molar-refractivity contribution is 0.629. The molecule has 0 aliphatic rings. The van der Waals surface area contributed by atoms with Crippen molar-refractivity contribution < 1.29 is 4.39 Å². The van der Waals surface area contributed by atoms with Crippen LogP contribution in [-0.4, -0.2) is 22.9 Å². The molecule has 29 heavy (non-hydrogen) atoms. The number of benzene rings is 3. The average molecular weight is 386 g/mol. The number of hydrogen-bond donors (Lipinski definition) is 2. The van der Waals surface area contributed by atoms with E-state index in [2.05, 4.69) is 34.7 Å². The van der Waals surface area contributed by atoms with Gasteiger partial charge in [-0.2, -0.15) is 5.10 Å². The zero-order chi connectivity index (χ0) is 20.1. The Bertz CT molecular complexity index is 1070. The zero-order valence-corrected chi connectivity index (χ0v) is 16.1. The lowest BCUT2D eigenvalue weighted by Crippen LogP contribution is -2.22. The summed E-state index contributed by atoms with van der Waals surface area (Å²) in [7, 11) is 0. The van der Waals surface area contributed by atoms with Crippen molar-refractivity contribution in [1.29, 1.82) is 0 Å². The minimum atomic E-state index is -0.268. The van der Waals surface area contributed by atoms with Gasteiger partial charge < -0.3 is 11.1 Å². The molecule has 0 aliphatic heterocycles. The SMILES string of the molecule is NCCNCc1cnn(-c2ccc(-c3ccccc3)cc2)c1-c1ccccc1F. The Kier molecular flexibility index (Phi) is 5.79. The highest BCUT2D eigenvalue weighted by atomic mass is 19.1. The van der Waals surface area contributed by atoms with Crippen LogP contribution in [0.2, 0.25) is 0 Å². The Morgan fingerprint density at radius 3 is 2.28 bits per heavy atom. The second kappa shape index (κ2) is 8.82. The number of nitrogens with two attached hydrogens (primary N) is 1. The lowest BCUT2D eigenvalue weighted by Gasteiger charge is -2.12. The fourth-order valence-electron chi connectivity index (χ4n) is 3.40. The van der Waals surface area contributed by atoms with Crippen molar-refractivity contribution >= 4 is 0 Å². The molecule has 3 N–H and O–H groups in total. The van der Waals surface area contributed by atoms with Gasteiger partial charge in [0.2, 0.25) is 0 Å². The van der Waals surface area contributed by atoms with Crippen LogP contribution in [-0.2, 0) is 6.54 Å². The van der Waals surface area contributed by atoms with Gasteiger partial charge in [-0.15, -0.1) is 0 Å². The maximum Gasteiger partial charge on any atom is 0.132 e. The molecular weight excluding hydrogens is 363 g/mol. The third-order valence-electron chi connectivity index (χ3n) is 4.83. The molecule has 4 rings (SSSR count). The fourth-order valence-corrected chi connectivity index (χ4v) is 3.40. The van der Waals surface area contributed by atoms with Crippen LogP contribution >= 0.6 is 0 Å². The summed E-state index contributed by atoms with van der Waals surface area (Å²) < 4.78 is 16.4. The second-order valence-corrected chi connectivity index (χ2v) is 6.79. The Morgan fingerprint density at radius 1 is 0.862 bits per heavy atom. The van der Waals surface area contributed by atoms with Gasteiger partial charge in [0.1, 0.15) is 5.82 Å². The third-order valence-corrected chi connectivity index (χ3v) is 4.83. The first-order valence-electron chi connectivity index (χ1n) is 9.66. The predicted octanol–water partition coefficient (Wildman–Crippen LogP) is 4.39. The Hall–Kier alpha value is -3.28. The standard InChI is InChI=1S/C24H23FN4/c25-23-9-5-4-8-22(23)24-20(16-27-15-14-26)17-28-29(24)21-12-10-19(11-13-21)18-6-2-1-3-7-18/h1-13,17,27H,14-16,26H2. The van der Waals surface area contributed by atoms with Crippen LogP contribution in [0.4, 0.5) is 4.39 Å². The van der Waals surface area contributed by atoms with E-state index in [9.17, 15) is 4.39 Å². The molecule has 0 aliphatic carbocycles. The molecular formula is C24H23FN4. The first kappa shape index (κ1) is 19.1. The highest BCUT2D eigenvalue weighted by molar-refractivity contribution is 5.68. The first-order valence-corrected chi connectivity index (χ1v) is 9.66. The van der Waals surface area contributed by atoms with E-state index in [1.807, 2.05) is 36.4 Å². The largest absolute Gasteiger partial charge is 0.329 e. The molecule has 1 heterocycles. The maximum atomic E-state index is 14.6. The third kappa shape index (κ3) is 4.11. The normalized spacial score (nSPS) is 11.0. The van der Waals surface area contributed by atoms with Crippen molar-refractivity contribution in [1.82, 2.24) is 15.1 Å². The van der Waals surface area contributed by atoms with Gasteiger partial charge in [0, 0.05) is 30.8 Å². The maximum absolute atomic E-state index is 14.6. The first-order chi connectivity index (χ1) is 14.3. The van der Waals surface area contributed by atoms with Crippen LogP contribution in [0.15, 0.2) is 85.1 Å². The van der Waals surface area contributed by atoms with Gasteiger partial charge in [0.05, 0.1) is 17.6 Å². The number of halogens is 1. The van der Waals surface area contributed by atoms with Crippen LogP contribution in [0.1, 0.15) is 5.56 Å². The molecule has 0 radical (unpaired) electrons. The van der Waals surface area contributed by atoms with E-state index in [-0.39, 0.29) is 5.82 Å². The molecule has 1 aromatic heterocycles. The lowest BCUT2D eigenvalue weighted by atomic mass is 10.0. The summed E-state index contributed by atoms with van der Waals surface area (Å²) in [4.78, 5) is 0. The molecule has 0 spiro atoms. The van der Waals surface area contributed by atoms with Crippen molar-refractivity contribution in [2.24, 2.45) is 5.73 Å². The van der Waals surface area contributed by atoms with Crippen molar-refractivity contribution in [3.05, 3.63) is 96.4 Å². The molecule has 3 aromatic carbocycles. The van der Waals surface area contributed by atoms with E-state index in [0.717, 1.165) is 28.1 Å². The van der Waals surface area contributed by atoms with Crippen molar-refractivity contribution in [2.45, 2.75) is 6.54 Å². The van der Waals surface area contributed by atoms with Crippen LogP contribution in [0.5, 0.6) is 0 Å². The van der Waals surface area contributed by atoms with Gasteiger partial charge in [0.15, 0.2) is 0 Å². The van der Waals surface area contributed by atoms with Crippen LogP contribution in [0.3, 0.4) is 0 Å². The number of rotatable bonds is 7. The highest BCUT2D eigenvalue weighted by Gasteiger charge is 2.17. The van der Waals surface area contributed by atoms with Gasteiger partial charge in [-0.3, -0.25) is 0 Å². The molecule has 0 atom stereocenters. The predicted molar refractivity (Wildman–Crippen MR) is 115 cm³/mol. The number of aromatic nitrogens is 2. The van der Waals surface area contributed by atoms with E-state index >= 15 is 0 Å². The molecule has 146 valence electrons. The second-order valence-electron chi connectivity index (χ2n) is 6.79. The van der Waals surface area contributed by atoms with Crippen LogP contribution in [0.25, 0.3) is 28.1 Å². The van der Waals surface area contributed by atoms with Gasteiger partial charge in [-0.25, -0.2) is 9.07 Å². The van der Waals surface area contributed by atoms with Gasteiger partial charge in [-0.1, -0.05) is 54.6 Å².